The zero-order valence-electron chi connectivity index (χ0n) is 11.5. The van der Waals surface area contributed by atoms with Crippen LogP contribution in [0.4, 0.5) is 4.39 Å². The molecule has 0 saturated carbocycles. The average Bonchev–Trinajstić information content (AvgIpc) is 2.37. The molecule has 1 amide bonds. The van der Waals surface area contributed by atoms with E-state index in [-0.39, 0.29) is 23.6 Å². The number of halogens is 2. The van der Waals surface area contributed by atoms with Crippen LogP contribution in [0.15, 0.2) is 18.2 Å². The van der Waals surface area contributed by atoms with E-state index < -0.39 is 23.9 Å². The smallest absolute Gasteiger partial charge is 0.335 e. The van der Waals surface area contributed by atoms with Gasteiger partial charge < -0.3 is 14.7 Å². The number of carboxylic acid groups (broad SMARTS) is 1. The number of rotatable bonds is 3. The Kier molecular flexibility index (Phi) is 4.49. The molecule has 2 rings (SSSR count). The van der Waals surface area contributed by atoms with E-state index in [4.69, 9.17) is 16.3 Å². The van der Waals surface area contributed by atoms with Gasteiger partial charge in [0.05, 0.1) is 6.04 Å². The van der Waals surface area contributed by atoms with Gasteiger partial charge in [-0.05, 0) is 31.5 Å². The summed E-state index contributed by atoms with van der Waals surface area (Å²) < 4.78 is 18.3. The molecule has 1 fully saturated rings. The van der Waals surface area contributed by atoms with Gasteiger partial charge >= 0.3 is 5.97 Å². The molecule has 2 unspecified atom stereocenters. The van der Waals surface area contributed by atoms with Crippen LogP contribution in [0.25, 0.3) is 0 Å². The number of hydrogen-bond acceptors (Lipinski definition) is 3. The Morgan fingerprint density at radius 3 is 2.71 bits per heavy atom. The van der Waals surface area contributed by atoms with E-state index in [2.05, 4.69) is 0 Å². The van der Waals surface area contributed by atoms with Crippen molar-refractivity contribution in [2.75, 3.05) is 6.61 Å². The van der Waals surface area contributed by atoms with Crippen molar-refractivity contribution in [1.82, 2.24) is 4.90 Å². The third kappa shape index (κ3) is 3.01. The Hall–Kier alpha value is -1.66. The van der Waals surface area contributed by atoms with E-state index in [1.54, 1.807) is 13.8 Å². The molecule has 1 N–H and O–H groups in total. The Bertz CT molecular complexity index is 578. The van der Waals surface area contributed by atoms with Gasteiger partial charge in [0.15, 0.2) is 6.10 Å². The molecular weight excluding hydrogens is 301 g/mol. The van der Waals surface area contributed by atoms with Gasteiger partial charge in [0.25, 0.3) is 0 Å². The lowest BCUT2D eigenvalue weighted by molar-refractivity contribution is -0.175. The highest BCUT2D eigenvalue weighted by Crippen LogP contribution is 2.36. The number of ether oxygens (including phenoxy) is 1. The first-order valence-electron chi connectivity index (χ1n) is 6.43. The summed E-state index contributed by atoms with van der Waals surface area (Å²) in [7, 11) is 0. The van der Waals surface area contributed by atoms with E-state index in [9.17, 15) is 19.1 Å². The second-order valence-electron chi connectivity index (χ2n) is 5.08. The Morgan fingerprint density at radius 2 is 2.19 bits per heavy atom. The second kappa shape index (κ2) is 5.99. The van der Waals surface area contributed by atoms with Crippen molar-refractivity contribution < 1.29 is 23.8 Å². The number of carbonyl (C=O) groups is 2. The number of carboxylic acids is 1. The fraction of sp³-hybridized carbons (Fsp3) is 0.429. The van der Waals surface area contributed by atoms with Crippen LogP contribution >= 0.6 is 11.6 Å². The molecule has 1 aliphatic rings. The van der Waals surface area contributed by atoms with Crippen molar-refractivity contribution in [3.63, 3.8) is 0 Å². The molecule has 1 heterocycles. The van der Waals surface area contributed by atoms with Crippen molar-refractivity contribution in [2.24, 2.45) is 0 Å². The van der Waals surface area contributed by atoms with Crippen LogP contribution in [0.5, 0.6) is 0 Å². The van der Waals surface area contributed by atoms with Crippen molar-refractivity contribution in [2.45, 2.75) is 32.0 Å². The molecule has 2 atom stereocenters. The molecule has 1 saturated heterocycles. The first-order chi connectivity index (χ1) is 9.82. The van der Waals surface area contributed by atoms with Gasteiger partial charge in [-0.15, -0.1) is 0 Å². The highest BCUT2D eigenvalue weighted by atomic mass is 35.5. The monoisotopic (exact) mass is 315 g/mol. The van der Waals surface area contributed by atoms with Crippen LogP contribution in [-0.2, 0) is 14.3 Å². The van der Waals surface area contributed by atoms with Gasteiger partial charge in [0.2, 0.25) is 5.91 Å². The molecule has 7 heteroatoms. The van der Waals surface area contributed by atoms with E-state index in [0.29, 0.717) is 5.56 Å². The lowest BCUT2D eigenvalue weighted by Gasteiger charge is -2.42. The first kappa shape index (κ1) is 15.7. The predicted molar refractivity (Wildman–Crippen MR) is 73.5 cm³/mol. The summed E-state index contributed by atoms with van der Waals surface area (Å²) in [5, 5.41) is 9.39. The molecule has 21 heavy (non-hydrogen) atoms. The zero-order chi connectivity index (χ0) is 15.7. The summed E-state index contributed by atoms with van der Waals surface area (Å²) in [4.78, 5) is 24.9. The minimum atomic E-state index is -1.24. The third-order valence-electron chi connectivity index (χ3n) is 3.34. The minimum absolute atomic E-state index is 0.0650. The molecule has 0 bridgehead atoms. The van der Waals surface area contributed by atoms with Crippen LogP contribution in [0.3, 0.4) is 0 Å². The third-order valence-corrected chi connectivity index (χ3v) is 3.67. The Morgan fingerprint density at radius 1 is 1.52 bits per heavy atom. The van der Waals surface area contributed by atoms with Crippen molar-refractivity contribution in [1.29, 1.82) is 0 Å². The lowest BCUT2D eigenvalue weighted by Crippen LogP contribution is -2.54. The largest absolute Gasteiger partial charge is 0.479 e. The summed E-state index contributed by atoms with van der Waals surface area (Å²) >= 11 is 6.02. The van der Waals surface area contributed by atoms with Gasteiger partial charge in [0.1, 0.15) is 12.4 Å². The van der Waals surface area contributed by atoms with E-state index in [1.165, 1.54) is 17.0 Å². The Labute approximate surface area is 126 Å². The summed E-state index contributed by atoms with van der Waals surface area (Å²) in [6, 6.07) is 2.52. The highest BCUT2D eigenvalue weighted by Gasteiger charge is 2.43. The molecule has 1 aromatic carbocycles. The zero-order valence-corrected chi connectivity index (χ0v) is 12.3. The summed E-state index contributed by atoms with van der Waals surface area (Å²) in [5.74, 6) is -2.05. The molecule has 1 aliphatic heterocycles. The van der Waals surface area contributed by atoms with E-state index in [1.807, 2.05) is 0 Å². The van der Waals surface area contributed by atoms with Crippen LogP contribution in [0.2, 0.25) is 5.02 Å². The standard InChI is InChI=1S/C14H15ClFNO4/c1-7(2)17-11(18)6-21-13(14(19)20)12(17)9-4-3-8(16)5-10(9)15/h3-5,7,12-13H,6H2,1-2H3,(H,19,20). The highest BCUT2D eigenvalue weighted by molar-refractivity contribution is 6.31. The van der Waals surface area contributed by atoms with Crippen molar-refractivity contribution in [3.05, 3.63) is 34.6 Å². The Balaban J connectivity index is 2.54. The maximum Gasteiger partial charge on any atom is 0.335 e. The molecular formula is C14H15ClFNO4. The van der Waals surface area contributed by atoms with E-state index >= 15 is 0 Å². The molecule has 0 aliphatic carbocycles. The number of carbonyl (C=O) groups excluding carboxylic acids is 1. The maximum atomic E-state index is 13.2. The van der Waals surface area contributed by atoms with Crippen LogP contribution < -0.4 is 0 Å². The normalized spacial score (nSPS) is 22.7. The van der Waals surface area contributed by atoms with Crippen LogP contribution in [0.1, 0.15) is 25.5 Å². The SMILES string of the molecule is CC(C)N1C(=O)COC(C(=O)O)C1c1ccc(F)cc1Cl. The fourth-order valence-electron chi connectivity index (χ4n) is 2.50. The summed E-state index contributed by atoms with van der Waals surface area (Å²) in [5.41, 5.74) is 0.354. The summed E-state index contributed by atoms with van der Waals surface area (Å²) in [6.45, 7) is 3.24. The van der Waals surface area contributed by atoms with Gasteiger partial charge in [-0.3, -0.25) is 4.79 Å². The maximum absolute atomic E-state index is 13.2. The molecule has 114 valence electrons. The van der Waals surface area contributed by atoms with E-state index in [0.717, 1.165) is 6.07 Å². The fourth-order valence-corrected chi connectivity index (χ4v) is 2.78. The molecule has 0 spiro atoms. The number of hydrogen-bond donors (Lipinski definition) is 1. The molecule has 0 radical (unpaired) electrons. The van der Waals surface area contributed by atoms with Crippen LogP contribution in [-0.4, -0.2) is 40.6 Å². The van der Waals surface area contributed by atoms with Gasteiger partial charge in [0, 0.05) is 11.1 Å². The van der Waals surface area contributed by atoms with Crippen LogP contribution in [0, 0.1) is 5.82 Å². The molecule has 5 nitrogen and oxygen atoms in total. The number of amides is 1. The molecule has 0 aromatic heterocycles. The predicted octanol–water partition coefficient (Wildman–Crippen LogP) is 2.24. The number of aliphatic carboxylic acids is 1. The van der Waals surface area contributed by atoms with Gasteiger partial charge in [-0.1, -0.05) is 17.7 Å². The quantitative estimate of drug-likeness (QED) is 0.929. The number of morpholine rings is 1. The van der Waals surface area contributed by atoms with Gasteiger partial charge in [-0.2, -0.15) is 0 Å². The van der Waals surface area contributed by atoms with Crippen molar-refractivity contribution >= 4 is 23.5 Å². The first-order valence-corrected chi connectivity index (χ1v) is 6.81. The topological polar surface area (TPSA) is 66.8 Å². The molecule has 1 aromatic rings. The number of benzene rings is 1. The number of nitrogens with zero attached hydrogens (tertiary/aromatic N) is 1. The lowest BCUT2D eigenvalue weighted by atomic mass is 9.96. The average molecular weight is 316 g/mol. The summed E-state index contributed by atoms with van der Waals surface area (Å²) in [6.07, 6.45) is -1.24. The second-order valence-corrected chi connectivity index (χ2v) is 5.48. The van der Waals surface area contributed by atoms with Crippen molar-refractivity contribution in [3.8, 4) is 0 Å². The van der Waals surface area contributed by atoms with Gasteiger partial charge in [-0.25, -0.2) is 9.18 Å². The minimum Gasteiger partial charge on any atom is -0.479 e.